The van der Waals surface area contributed by atoms with Gasteiger partial charge in [0.1, 0.15) is 6.10 Å². The molecular weight excluding hydrogens is 123 g/mol. The number of hydrogen-bond donors (Lipinski definition) is 2. The Morgan fingerprint density at radius 2 is 1.86 bits per heavy atom. The number of carbonyl (C=O) groups is 1. The van der Waals surface area contributed by atoms with E-state index in [1.54, 1.807) is 0 Å². The third-order valence-corrected chi connectivity index (χ3v) is 0.357. The van der Waals surface area contributed by atoms with Crippen LogP contribution in [0.15, 0.2) is 0 Å². The van der Waals surface area contributed by atoms with Crippen molar-refractivity contribution in [2.45, 2.75) is 13.0 Å². The summed E-state index contributed by atoms with van der Waals surface area (Å²) in [5.41, 5.74) is 0. The van der Waals surface area contributed by atoms with Crippen molar-refractivity contribution in [1.82, 2.24) is 0 Å². The van der Waals surface area contributed by atoms with Crippen molar-refractivity contribution in [2.24, 2.45) is 0 Å². The van der Waals surface area contributed by atoms with Crippen LogP contribution in [0.5, 0.6) is 0 Å². The molecule has 0 aromatic rings. The number of aliphatic hydroxyl groups excluding tert-OH is 1. The van der Waals surface area contributed by atoms with E-state index >= 15 is 0 Å². The van der Waals surface area contributed by atoms with E-state index in [4.69, 9.17) is 10.2 Å². The van der Waals surface area contributed by atoms with Gasteiger partial charge in [-0.15, -0.1) is 0 Å². The number of aliphatic carboxylic acids is 1. The van der Waals surface area contributed by atoms with Crippen LogP contribution in [0.25, 0.3) is 0 Å². The van der Waals surface area contributed by atoms with Crippen molar-refractivity contribution < 1.29 is 15.0 Å². The van der Waals surface area contributed by atoms with Gasteiger partial charge in [0, 0.05) is 0 Å². The summed E-state index contributed by atoms with van der Waals surface area (Å²) in [4.78, 5) is 9.45. The molecule has 1 atom stereocenters. The molecular formula is C3H7KO3. The van der Waals surface area contributed by atoms with Crippen LogP contribution >= 0.6 is 0 Å². The molecule has 0 aliphatic carbocycles. The molecule has 3 nitrogen and oxygen atoms in total. The molecule has 0 aliphatic heterocycles. The van der Waals surface area contributed by atoms with Crippen LogP contribution in [0.2, 0.25) is 0 Å². The Labute approximate surface area is 84.1 Å². The number of carboxylic acid groups (broad SMARTS) is 1. The first-order valence-electron chi connectivity index (χ1n) is 1.55. The van der Waals surface area contributed by atoms with Crippen LogP contribution in [0.3, 0.4) is 0 Å². The molecule has 2 N–H and O–H groups in total. The second kappa shape index (κ2) is 5.21. The van der Waals surface area contributed by atoms with E-state index < -0.39 is 12.1 Å². The first-order valence-corrected chi connectivity index (χ1v) is 1.55. The molecule has 0 aliphatic rings. The van der Waals surface area contributed by atoms with Gasteiger partial charge in [-0.3, -0.25) is 0 Å². The van der Waals surface area contributed by atoms with Gasteiger partial charge in [-0.2, -0.15) is 0 Å². The summed E-state index contributed by atoms with van der Waals surface area (Å²) in [6.07, 6.45) is -1.23. The quantitative estimate of drug-likeness (QED) is 0.438. The summed E-state index contributed by atoms with van der Waals surface area (Å²) >= 11 is 0. The van der Waals surface area contributed by atoms with Gasteiger partial charge >= 0.3 is 57.4 Å². The molecule has 0 aromatic heterocycles. The van der Waals surface area contributed by atoms with Crippen LogP contribution < -0.4 is 0 Å². The Balaban J connectivity index is 0. The molecule has 7 heavy (non-hydrogen) atoms. The Hall–Kier alpha value is 1.07. The van der Waals surface area contributed by atoms with Crippen molar-refractivity contribution in [1.29, 1.82) is 0 Å². The molecule has 0 saturated carbocycles. The number of hydrogen-bond acceptors (Lipinski definition) is 2. The number of rotatable bonds is 1. The Morgan fingerprint density at radius 1 is 1.71 bits per heavy atom. The van der Waals surface area contributed by atoms with Crippen molar-refractivity contribution in [3.05, 3.63) is 0 Å². The van der Waals surface area contributed by atoms with E-state index in [2.05, 4.69) is 0 Å². The molecule has 0 spiro atoms. The van der Waals surface area contributed by atoms with Crippen LogP contribution in [0.4, 0.5) is 0 Å². The van der Waals surface area contributed by atoms with Gasteiger partial charge in [0.2, 0.25) is 0 Å². The zero-order chi connectivity index (χ0) is 5.15. The summed E-state index contributed by atoms with van der Waals surface area (Å²) in [5, 5.41) is 15.8. The van der Waals surface area contributed by atoms with Gasteiger partial charge in [-0.05, 0) is 6.92 Å². The molecule has 0 fully saturated rings. The fourth-order valence-corrected chi connectivity index (χ4v) is 0. The van der Waals surface area contributed by atoms with E-state index in [9.17, 15) is 4.79 Å². The third-order valence-electron chi connectivity index (χ3n) is 0.357. The van der Waals surface area contributed by atoms with E-state index in [1.807, 2.05) is 0 Å². The van der Waals surface area contributed by atoms with E-state index in [-0.39, 0.29) is 51.4 Å². The summed E-state index contributed by atoms with van der Waals surface area (Å²) in [6, 6.07) is 0. The maximum absolute atomic E-state index is 9.45. The van der Waals surface area contributed by atoms with Gasteiger partial charge in [0.05, 0.1) is 0 Å². The standard InChI is InChI=1S/C3H6O3.K.H/c1-2(4)3(5)6;;/h2,4H,1H3,(H,5,6);;/t2-;;/m0../s1. The SMILES string of the molecule is C[C@H](O)C(=O)O.[KH]. The predicted octanol–water partition coefficient (Wildman–Crippen LogP) is -1.20. The van der Waals surface area contributed by atoms with Gasteiger partial charge < -0.3 is 10.2 Å². The summed E-state index contributed by atoms with van der Waals surface area (Å²) in [7, 11) is 0. The fraction of sp³-hybridized carbons (Fsp3) is 0.667. The van der Waals surface area contributed by atoms with Crippen LogP contribution in [0, 0.1) is 0 Å². The van der Waals surface area contributed by atoms with E-state index in [1.165, 1.54) is 6.92 Å². The number of carboxylic acids is 1. The Morgan fingerprint density at radius 3 is 1.86 bits per heavy atom. The maximum atomic E-state index is 9.45. The van der Waals surface area contributed by atoms with Gasteiger partial charge in [0.15, 0.2) is 0 Å². The fourth-order valence-electron chi connectivity index (χ4n) is 0. The third kappa shape index (κ3) is 7.07. The van der Waals surface area contributed by atoms with Crippen molar-refractivity contribution in [3.63, 3.8) is 0 Å². The number of aliphatic hydroxyl groups is 1. The minimum atomic E-state index is -1.23. The Bertz CT molecular complexity index is 61.2. The Kier molecular flexibility index (Phi) is 8.14. The van der Waals surface area contributed by atoms with Crippen molar-refractivity contribution >= 4 is 57.4 Å². The van der Waals surface area contributed by atoms with E-state index in [0.717, 1.165) is 0 Å². The molecule has 0 rings (SSSR count). The molecule has 4 heteroatoms. The average Bonchev–Trinajstić information content (AvgIpc) is 1.36. The van der Waals surface area contributed by atoms with Gasteiger partial charge in [-0.1, -0.05) is 0 Å². The average molecular weight is 130 g/mol. The summed E-state index contributed by atoms with van der Waals surface area (Å²) in [6.45, 7) is 1.20. The summed E-state index contributed by atoms with van der Waals surface area (Å²) in [5.74, 6) is -1.19. The summed E-state index contributed by atoms with van der Waals surface area (Å²) < 4.78 is 0. The molecule has 0 amide bonds. The van der Waals surface area contributed by atoms with E-state index in [0.29, 0.717) is 0 Å². The zero-order valence-electron chi connectivity index (χ0n) is 3.38. The molecule has 0 saturated heterocycles. The predicted molar refractivity (Wildman–Crippen MR) is 26.5 cm³/mol. The topological polar surface area (TPSA) is 57.5 Å². The van der Waals surface area contributed by atoms with Gasteiger partial charge in [-0.25, -0.2) is 4.79 Å². The molecule has 0 heterocycles. The zero-order valence-corrected chi connectivity index (χ0v) is 3.38. The normalized spacial score (nSPS) is 11.7. The van der Waals surface area contributed by atoms with Crippen LogP contribution in [-0.4, -0.2) is 73.7 Å². The minimum absolute atomic E-state index is 0. The van der Waals surface area contributed by atoms with Gasteiger partial charge in [0.25, 0.3) is 0 Å². The van der Waals surface area contributed by atoms with Crippen molar-refractivity contribution in [2.75, 3.05) is 0 Å². The molecule has 0 bridgehead atoms. The molecule has 38 valence electrons. The second-order valence-corrected chi connectivity index (χ2v) is 1.01. The first kappa shape index (κ1) is 10.9. The van der Waals surface area contributed by atoms with Crippen LogP contribution in [-0.2, 0) is 4.79 Å². The first-order chi connectivity index (χ1) is 2.64. The molecule has 0 radical (unpaired) electrons. The van der Waals surface area contributed by atoms with Crippen molar-refractivity contribution in [3.8, 4) is 0 Å². The monoisotopic (exact) mass is 130 g/mol. The molecule has 0 aromatic carbocycles. The molecule has 0 unspecified atom stereocenters. The second-order valence-electron chi connectivity index (χ2n) is 1.01. The van der Waals surface area contributed by atoms with Crippen LogP contribution in [0.1, 0.15) is 6.92 Å².